The van der Waals surface area contributed by atoms with Crippen LogP contribution in [0.5, 0.6) is 5.75 Å². The van der Waals surface area contributed by atoms with Gasteiger partial charge < -0.3 is 25.2 Å². The number of phenols is 1. The van der Waals surface area contributed by atoms with Gasteiger partial charge in [-0.1, -0.05) is 25.6 Å². The molecule has 1 aromatic carbocycles. The minimum Gasteiger partial charge on any atom is -0.508 e. The number of hydrogen-bond acceptors (Lipinski definition) is 7. The average molecular weight is 545 g/mol. The van der Waals surface area contributed by atoms with Gasteiger partial charge in [0.15, 0.2) is 5.82 Å². The Labute approximate surface area is 265 Å². The summed E-state index contributed by atoms with van der Waals surface area (Å²) in [4.78, 5) is 27.6. The summed E-state index contributed by atoms with van der Waals surface area (Å²) in [5, 5.41) is 13.8. The number of benzene rings is 1. The number of aromatic amines is 1. The summed E-state index contributed by atoms with van der Waals surface area (Å²) in [5.74, 6) is -0.157. The standard InChI is InChI=1S/C22H21FN5O2.C6H13N.K/c1-12-11-28(7-6-24-12)21-17-10-25-19(18(23)20(17)26-22(30)27-21)16-9-14(29)8-13-4-2-3-5-15(13)16;1-6-4-3-5-7(6)2;/h3,5-6,8-10,12,24,29H,2,4,7,11H2,1H3,(H,26,27,30);6H,3-5H2,1-2H3;/q-1;;+1/t;6-;/m.0./s1. The number of pyridine rings is 1. The fraction of sp³-hybridized carbons (Fsp3) is 0.429. The van der Waals surface area contributed by atoms with E-state index in [1.54, 1.807) is 12.3 Å². The van der Waals surface area contributed by atoms with Crippen molar-refractivity contribution in [3.8, 4) is 17.0 Å². The van der Waals surface area contributed by atoms with Gasteiger partial charge >= 0.3 is 57.1 Å². The maximum absolute atomic E-state index is 15.7. The normalized spacial score (nSPS) is 21.0. The summed E-state index contributed by atoms with van der Waals surface area (Å²) in [6, 6.07) is 4.24. The Morgan fingerprint density at radius 2 is 2.08 bits per heavy atom. The van der Waals surface area contributed by atoms with Gasteiger partial charge in [0.2, 0.25) is 0 Å². The number of aryl methyl sites for hydroxylation is 1. The molecule has 0 saturated carbocycles. The second kappa shape index (κ2) is 12.7. The van der Waals surface area contributed by atoms with Gasteiger partial charge in [-0.25, -0.2) is 15.7 Å². The van der Waals surface area contributed by atoms with E-state index in [1.165, 1.54) is 25.5 Å². The Balaban J connectivity index is 0.000000367. The number of piperazine rings is 1. The van der Waals surface area contributed by atoms with E-state index in [4.69, 9.17) is 0 Å². The first-order valence-corrected chi connectivity index (χ1v) is 13.0. The largest absolute Gasteiger partial charge is 1.00 e. The number of hydrogen-bond donors (Lipinski definition) is 3. The molecule has 6 rings (SSSR count). The zero-order valence-electron chi connectivity index (χ0n) is 22.6. The first-order valence-electron chi connectivity index (χ1n) is 13.0. The maximum atomic E-state index is 15.7. The van der Waals surface area contributed by atoms with E-state index in [1.807, 2.05) is 30.5 Å². The number of halogens is 1. The van der Waals surface area contributed by atoms with Crippen molar-refractivity contribution < 1.29 is 60.9 Å². The Morgan fingerprint density at radius 3 is 2.76 bits per heavy atom. The number of anilines is 1. The van der Waals surface area contributed by atoms with Crippen molar-refractivity contribution >= 4 is 22.8 Å². The predicted octanol–water partition coefficient (Wildman–Crippen LogP) is 0.854. The van der Waals surface area contributed by atoms with Gasteiger partial charge in [-0.3, -0.25) is 4.98 Å². The summed E-state index contributed by atoms with van der Waals surface area (Å²) in [6.07, 6.45) is 9.93. The molecule has 0 bridgehead atoms. The molecule has 2 aliphatic heterocycles. The Bertz CT molecular complexity index is 1390. The van der Waals surface area contributed by atoms with Crippen LogP contribution in [0.4, 0.5) is 10.2 Å². The Morgan fingerprint density at radius 1 is 1.26 bits per heavy atom. The molecule has 3 aliphatic rings. The number of allylic oxidation sites excluding steroid dienone is 1. The van der Waals surface area contributed by atoms with E-state index in [0.717, 1.165) is 30.0 Å². The summed E-state index contributed by atoms with van der Waals surface area (Å²) < 4.78 is 15.7. The number of phenolic OH excluding ortho intramolecular Hbond substituents is 1. The van der Waals surface area contributed by atoms with Gasteiger partial charge in [0.1, 0.15) is 17.3 Å². The third-order valence-electron chi connectivity index (χ3n) is 7.46. The van der Waals surface area contributed by atoms with Gasteiger partial charge in [-0.15, -0.1) is 0 Å². The summed E-state index contributed by atoms with van der Waals surface area (Å²) in [5.41, 5.74) is 1.84. The molecule has 2 atom stereocenters. The van der Waals surface area contributed by atoms with Crippen LogP contribution < -0.4 is 67.3 Å². The van der Waals surface area contributed by atoms with Crippen molar-refractivity contribution in [3.63, 3.8) is 0 Å². The van der Waals surface area contributed by atoms with Crippen LogP contribution in [0.15, 0.2) is 29.2 Å². The van der Waals surface area contributed by atoms with Gasteiger partial charge in [0, 0.05) is 24.3 Å². The number of H-pyrrole nitrogens is 1. The molecule has 0 amide bonds. The summed E-state index contributed by atoms with van der Waals surface area (Å²) >= 11 is 0. The second-order valence-electron chi connectivity index (χ2n) is 10.2. The van der Waals surface area contributed by atoms with Crippen molar-refractivity contribution in [2.24, 2.45) is 0 Å². The van der Waals surface area contributed by atoms with Crippen LogP contribution in [0.3, 0.4) is 0 Å². The molecule has 1 unspecified atom stereocenters. The maximum Gasteiger partial charge on any atom is 1.00 e. The van der Waals surface area contributed by atoms with Crippen molar-refractivity contribution in [2.75, 3.05) is 31.6 Å². The van der Waals surface area contributed by atoms with E-state index < -0.39 is 11.5 Å². The smallest absolute Gasteiger partial charge is 0.508 e. The molecule has 1 aliphatic carbocycles. The third kappa shape index (κ3) is 6.22. The molecular weight excluding hydrogens is 510 g/mol. The zero-order chi connectivity index (χ0) is 26.1. The van der Waals surface area contributed by atoms with Crippen LogP contribution >= 0.6 is 0 Å². The number of nitrogens with one attached hydrogen (secondary N) is 2. The topological polar surface area (TPSA) is 97.4 Å². The molecule has 3 N–H and O–H groups in total. The predicted molar refractivity (Wildman–Crippen MR) is 145 cm³/mol. The molecule has 4 heterocycles. The van der Waals surface area contributed by atoms with E-state index >= 15 is 4.39 Å². The number of fused-ring (bicyclic) bond motifs is 2. The molecule has 3 aromatic rings. The van der Waals surface area contributed by atoms with E-state index in [0.29, 0.717) is 29.9 Å². The molecular formula is C28H34FKN6O2. The number of aromatic hydroxyl groups is 1. The van der Waals surface area contributed by atoms with Crippen LogP contribution in [0, 0.1) is 12.4 Å². The van der Waals surface area contributed by atoms with Crippen LogP contribution in [0.1, 0.15) is 44.2 Å². The molecule has 2 fully saturated rings. The molecule has 8 nitrogen and oxygen atoms in total. The van der Waals surface area contributed by atoms with Crippen molar-refractivity contribution in [1.82, 2.24) is 25.2 Å². The summed E-state index contributed by atoms with van der Waals surface area (Å²) in [6.45, 7) is 8.69. The monoisotopic (exact) mass is 544 g/mol. The van der Waals surface area contributed by atoms with Gasteiger partial charge in [0.05, 0.1) is 10.9 Å². The quantitative estimate of drug-likeness (QED) is 0.325. The average Bonchev–Trinajstić information content (AvgIpc) is 3.26. The third-order valence-corrected chi connectivity index (χ3v) is 7.46. The fourth-order valence-electron chi connectivity index (χ4n) is 5.31. The van der Waals surface area contributed by atoms with Gasteiger partial charge in [-0.05, 0) is 75.5 Å². The zero-order valence-corrected chi connectivity index (χ0v) is 25.7. The van der Waals surface area contributed by atoms with Crippen molar-refractivity contribution in [2.45, 2.75) is 51.6 Å². The summed E-state index contributed by atoms with van der Waals surface area (Å²) in [7, 11) is 2.19. The molecule has 0 spiro atoms. The molecule has 2 saturated heterocycles. The SMILES string of the molecule is CC1CN(c2nc(=O)[nH]c3c(F)c(-c4cc(O)cc5c4C=CCC5)ncc23)C[CH-]N1.C[C@H]1CCCN1C.[K+]. The first-order chi connectivity index (χ1) is 17.8. The second-order valence-corrected chi connectivity index (χ2v) is 10.2. The van der Waals surface area contributed by atoms with Crippen molar-refractivity contribution in [3.05, 3.63) is 58.4 Å². The molecule has 38 heavy (non-hydrogen) atoms. The first kappa shape index (κ1) is 29.3. The van der Waals surface area contributed by atoms with Crippen molar-refractivity contribution in [1.29, 1.82) is 0 Å². The van der Waals surface area contributed by atoms with Gasteiger partial charge in [-0.2, -0.15) is 4.98 Å². The minimum atomic E-state index is -0.632. The number of likely N-dealkylation sites (tertiary alicyclic amines) is 1. The number of rotatable bonds is 2. The van der Waals surface area contributed by atoms with Crippen LogP contribution in [0.2, 0.25) is 0 Å². The molecule has 2 aromatic heterocycles. The number of aromatic nitrogens is 3. The fourth-order valence-corrected chi connectivity index (χ4v) is 5.31. The van der Waals surface area contributed by atoms with Crippen LogP contribution in [0.25, 0.3) is 28.2 Å². The Kier molecular flexibility index (Phi) is 9.78. The number of nitrogens with zero attached hydrogens (tertiary/aromatic N) is 4. The van der Waals surface area contributed by atoms with E-state index in [9.17, 15) is 9.90 Å². The van der Waals surface area contributed by atoms with Crippen LogP contribution in [-0.2, 0) is 6.42 Å². The van der Waals surface area contributed by atoms with Crippen LogP contribution in [-0.4, -0.2) is 63.7 Å². The minimum absolute atomic E-state index is 0. The molecule has 196 valence electrons. The molecule has 0 radical (unpaired) electrons. The molecule has 10 heteroatoms. The Hall–Kier alpha value is -1.66. The van der Waals surface area contributed by atoms with Gasteiger partial charge in [0.25, 0.3) is 0 Å². The van der Waals surface area contributed by atoms with E-state index in [2.05, 4.69) is 39.1 Å². The van der Waals surface area contributed by atoms with E-state index in [-0.39, 0.29) is 74.4 Å².